The number of aromatic nitrogens is 2. The number of nitrogens with zero attached hydrogens (tertiary/aromatic N) is 2. The number of hydrogen-bond acceptors (Lipinski definition) is 6. The van der Waals surface area contributed by atoms with E-state index < -0.39 is 5.97 Å². The topological polar surface area (TPSA) is 72.3 Å². The molecular weight excluding hydrogens is 296 g/mol. The van der Waals surface area contributed by atoms with Crippen molar-refractivity contribution in [3.8, 4) is 5.75 Å². The number of benzene rings is 1. The summed E-state index contributed by atoms with van der Waals surface area (Å²) in [5.41, 5.74) is 0.237. The van der Waals surface area contributed by atoms with Crippen LogP contribution in [-0.4, -0.2) is 32.8 Å². The maximum absolute atomic E-state index is 10.8. The summed E-state index contributed by atoms with van der Waals surface area (Å²) in [6, 6.07) is 6.51. The van der Waals surface area contributed by atoms with E-state index in [0.29, 0.717) is 12.4 Å². The SMILES string of the molecule is Cc1nsc(SCCCOc2cccc(C(=O)O)c2)n1. The lowest BCUT2D eigenvalue weighted by atomic mass is 10.2. The molecule has 5 nitrogen and oxygen atoms in total. The van der Waals surface area contributed by atoms with Gasteiger partial charge in [-0.15, -0.1) is 0 Å². The van der Waals surface area contributed by atoms with Gasteiger partial charge in [0.2, 0.25) is 0 Å². The Kier molecular flexibility index (Phi) is 5.37. The van der Waals surface area contributed by atoms with Crippen molar-refractivity contribution in [3.63, 3.8) is 0 Å². The minimum Gasteiger partial charge on any atom is -0.494 e. The van der Waals surface area contributed by atoms with Gasteiger partial charge in [0.15, 0.2) is 4.34 Å². The number of aryl methyl sites for hydroxylation is 1. The van der Waals surface area contributed by atoms with Crippen molar-refractivity contribution in [2.75, 3.05) is 12.4 Å². The van der Waals surface area contributed by atoms with E-state index in [0.717, 1.165) is 22.3 Å². The van der Waals surface area contributed by atoms with E-state index in [9.17, 15) is 4.79 Å². The van der Waals surface area contributed by atoms with Crippen LogP contribution >= 0.6 is 23.3 Å². The van der Waals surface area contributed by atoms with Gasteiger partial charge in [0.25, 0.3) is 0 Å². The molecular formula is C13H14N2O3S2. The highest BCUT2D eigenvalue weighted by molar-refractivity contribution is 8.00. The third-order valence-corrected chi connectivity index (χ3v) is 4.38. The van der Waals surface area contributed by atoms with Crippen LogP contribution in [0.2, 0.25) is 0 Å². The average Bonchev–Trinajstić information content (AvgIpc) is 2.84. The molecule has 0 aliphatic heterocycles. The molecule has 2 rings (SSSR count). The van der Waals surface area contributed by atoms with Crippen molar-refractivity contribution >= 4 is 29.3 Å². The van der Waals surface area contributed by atoms with Gasteiger partial charge in [0, 0.05) is 5.75 Å². The lowest BCUT2D eigenvalue weighted by Crippen LogP contribution is -2.01. The fourth-order valence-corrected chi connectivity index (χ4v) is 3.09. The van der Waals surface area contributed by atoms with E-state index in [1.165, 1.54) is 17.6 Å². The maximum atomic E-state index is 10.8. The van der Waals surface area contributed by atoms with Crippen LogP contribution in [-0.2, 0) is 0 Å². The van der Waals surface area contributed by atoms with Crippen molar-refractivity contribution < 1.29 is 14.6 Å². The van der Waals surface area contributed by atoms with E-state index in [1.807, 2.05) is 6.92 Å². The Balaban J connectivity index is 1.70. The largest absolute Gasteiger partial charge is 0.494 e. The third kappa shape index (κ3) is 4.50. The Labute approximate surface area is 125 Å². The van der Waals surface area contributed by atoms with E-state index >= 15 is 0 Å². The Morgan fingerprint density at radius 2 is 2.35 bits per heavy atom. The Hall–Kier alpha value is -1.60. The molecule has 1 aromatic carbocycles. The summed E-state index contributed by atoms with van der Waals surface area (Å²) in [5, 5.41) is 8.88. The summed E-state index contributed by atoms with van der Waals surface area (Å²) >= 11 is 3.06. The number of ether oxygens (including phenoxy) is 1. The minimum atomic E-state index is -0.947. The first-order valence-corrected chi connectivity index (χ1v) is 7.80. The van der Waals surface area contributed by atoms with E-state index in [2.05, 4.69) is 9.36 Å². The highest BCUT2D eigenvalue weighted by Gasteiger charge is 2.04. The number of carbonyl (C=O) groups is 1. The summed E-state index contributed by atoms with van der Waals surface area (Å²) in [6.45, 7) is 2.42. The molecule has 20 heavy (non-hydrogen) atoms. The monoisotopic (exact) mass is 310 g/mol. The van der Waals surface area contributed by atoms with Crippen molar-refractivity contribution in [2.24, 2.45) is 0 Å². The van der Waals surface area contributed by atoms with Crippen LogP contribution in [0.5, 0.6) is 5.75 Å². The summed E-state index contributed by atoms with van der Waals surface area (Å²) in [7, 11) is 0. The van der Waals surface area contributed by atoms with Crippen molar-refractivity contribution in [3.05, 3.63) is 35.7 Å². The number of carboxylic acid groups (broad SMARTS) is 1. The Morgan fingerprint density at radius 1 is 1.50 bits per heavy atom. The van der Waals surface area contributed by atoms with Gasteiger partial charge in [0.1, 0.15) is 11.6 Å². The second-order valence-electron chi connectivity index (χ2n) is 3.99. The molecule has 0 spiro atoms. The number of aromatic carboxylic acids is 1. The van der Waals surface area contributed by atoms with E-state index in [1.54, 1.807) is 30.0 Å². The summed E-state index contributed by atoms with van der Waals surface area (Å²) in [6.07, 6.45) is 0.862. The van der Waals surface area contributed by atoms with Gasteiger partial charge in [-0.05, 0) is 43.1 Å². The molecule has 106 valence electrons. The molecule has 0 unspecified atom stereocenters. The lowest BCUT2D eigenvalue weighted by molar-refractivity contribution is 0.0696. The third-order valence-electron chi connectivity index (χ3n) is 2.37. The first-order valence-electron chi connectivity index (χ1n) is 6.04. The van der Waals surface area contributed by atoms with Gasteiger partial charge in [-0.25, -0.2) is 9.78 Å². The van der Waals surface area contributed by atoms with Crippen LogP contribution < -0.4 is 4.74 Å². The fourth-order valence-electron chi connectivity index (χ4n) is 1.46. The molecule has 0 aliphatic carbocycles. The molecule has 1 heterocycles. The molecule has 0 fully saturated rings. The highest BCUT2D eigenvalue weighted by Crippen LogP contribution is 2.20. The fraction of sp³-hybridized carbons (Fsp3) is 0.308. The molecule has 0 saturated heterocycles. The number of rotatable bonds is 7. The average molecular weight is 310 g/mol. The Bertz CT molecular complexity index is 587. The predicted octanol–water partition coefficient (Wildman–Crippen LogP) is 3.11. The minimum absolute atomic E-state index is 0.237. The van der Waals surface area contributed by atoms with Gasteiger partial charge in [-0.3, -0.25) is 0 Å². The predicted molar refractivity (Wildman–Crippen MR) is 78.9 cm³/mol. The van der Waals surface area contributed by atoms with Crippen molar-refractivity contribution in [1.82, 2.24) is 9.36 Å². The Morgan fingerprint density at radius 3 is 3.05 bits per heavy atom. The zero-order chi connectivity index (χ0) is 14.4. The van der Waals surface area contributed by atoms with Gasteiger partial charge in [0.05, 0.1) is 12.2 Å². The van der Waals surface area contributed by atoms with Crippen LogP contribution in [0, 0.1) is 6.92 Å². The van der Waals surface area contributed by atoms with Crippen LogP contribution in [0.4, 0.5) is 0 Å². The quantitative estimate of drug-likeness (QED) is 0.626. The second kappa shape index (κ2) is 7.25. The first kappa shape index (κ1) is 14.8. The van der Waals surface area contributed by atoms with Crippen LogP contribution in [0.1, 0.15) is 22.6 Å². The molecule has 0 radical (unpaired) electrons. The van der Waals surface area contributed by atoms with Crippen molar-refractivity contribution in [2.45, 2.75) is 17.7 Å². The van der Waals surface area contributed by atoms with E-state index in [-0.39, 0.29) is 5.56 Å². The summed E-state index contributed by atoms with van der Waals surface area (Å²) in [4.78, 5) is 15.1. The molecule has 0 atom stereocenters. The standard InChI is InChI=1S/C13H14N2O3S2/c1-9-14-13(20-15-9)19-7-3-6-18-11-5-2-4-10(8-11)12(16)17/h2,4-5,8H,3,6-7H2,1H3,(H,16,17). The molecule has 7 heteroatoms. The van der Waals surface area contributed by atoms with Gasteiger partial charge >= 0.3 is 5.97 Å². The summed E-state index contributed by atoms with van der Waals surface area (Å²) in [5.74, 6) is 1.34. The van der Waals surface area contributed by atoms with Gasteiger partial charge in [-0.1, -0.05) is 17.8 Å². The van der Waals surface area contributed by atoms with E-state index in [4.69, 9.17) is 9.84 Å². The molecule has 1 aromatic heterocycles. The molecule has 0 saturated carbocycles. The number of hydrogen-bond donors (Lipinski definition) is 1. The smallest absolute Gasteiger partial charge is 0.335 e. The normalized spacial score (nSPS) is 10.4. The zero-order valence-electron chi connectivity index (χ0n) is 10.9. The molecule has 0 aliphatic rings. The second-order valence-corrected chi connectivity index (χ2v) is 6.08. The van der Waals surface area contributed by atoms with Gasteiger partial charge in [-0.2, -0.15) is 4.37 Å². The van der Waals surface area contributed by atoms with Crippen LogP contribution in [0.25, 0.3) is 0 Å². The molecule has 0 amide bonds. The molecule has 2 aromatic rings. The van der Waals surface area contributed by atoms with Gasteiger partial charge < -0.3 is 9.84 Å². The van der Waals surface area contributed by atoms with Crippen molar-refractivity contribution in [1.29, 1.82) is 0 Å². The highest BCUT2D eigenvalue weighted by atomic mass is 32.2. The lowest BCUT2D eigenvalue weighted by Gasteiger charge is -2.06. The first-order chi connectivity index (χ1) is 9.65. The molecule has 1 N–H and O–H groups in total. The summed E-state index contributed by atoms with van der Waals surface area (Å²) < 4.78 is 10.6. The van der Waals surface area contributed by atoms with Crippen LogP contribution in [0.3, 0.4) is 0 Å². The van der Waals surface area contributed by atoms with Crippen LogP contribution in [0.15, 0.2) is 28.6 Å². The maximum Gasteiger partial charge on any atom is 0.335 e. The molecule has 0 bridgehead atoms. The number of thioether (sulfide) groups is 1. The zero-order valence-corrected chi connectivity index (χ0v) is 12.5. The number of carboxylic acids is 1.